The molecule has 0 radical (unpaired) electrons. The molecule has 0 spiro atoms. The molecule has 1 aromatic carbocycles. The molecule has 0 aromatic heterocycles. The molecule has 0 unspecified atom stereocenters. The van der Waals surface area contributed by atoms with Gasteiger partial charge in [-0.15, -0.1) is 0 Å². The van der Waals surface area contributed by atoms with Crippen molar-refractivity contribution >= 4 is 7.60 Å². The summed E-state index contributed by atoms with van der Waals surface area (Å²) < 4.78 is 22.5. The van der Waals surface area contributed by atoms with E-state index in [4.69, 9.17) is 9.05 Å². The van der Waals surface area contributed by atoms with Crippen molar-refractivity contribution in [3.63, 3.8) is 0 Å². The minimum Gasteiger partial charge on any atom is -0.423 e. The SMILES string of the molecule is C[C@H]1O[P@](=O)(Oc2ccccc2)[C@H](O)[C@H](O)[C@@H]1O. The Hall–Kier alpha value is -0.910. The van der Waals surface area contributed by atoms with Crippen molar-refractivity contribution in [2.24, 2.45) is 0 Å². The number of aliphatic hydroxyl groups is 3. The van der Waals surface area contributed by atoms with Gasteiger partial charge in [-0.25, -0.2) is 4.57 Å². The summed E-state index contributed by atoms with van der Waals surface area (Å²) in [6, 6.07) is 8.21. The van der Waals surface area contributed by atoms with Crippen molar-refractivity contribution in [1.29, 1.82) is 0 Å². The number of para-hydroxylation sites is 1. The molecule has 1 aromatic rings. The maximum atomic E-state index is 12.3. The smallest absolute Gasteiger partial charge is 0.410 e. The van der Waals surface area contributed by atoms with Gasteiger partial charge in [0.05, 0.1) is 6.10 Å². The van der Waals surface area contributed by atoms with Crippen LogP contribution in [0.4, 0.5) is 0 Å². The molecule has 1 fully saturated rings. The molecule has 2 rings (SSSR count). The van der Waals surface area contributed by atoms with Gasteiger partial charge in [-0.05, 0) is 19.1 Å². The van der Waals surface area contributed by atoms with Crippen LogP contribution in [0.2, 0.25) is 0 Å². The monoisotopic (exact) mass is 274 g/mol. The summed E-state index contributed by atoms with van der Waals surface area (Å²) in [5.41, 5.74) is 0. The zero-order chi connectivity index (χ0) is 13.3. The highest BCUT2D eigenvalue weighted by atomic mass is 31.2. The standard InChI is InChI=1S/C11H15O6P/c1-7-9(12)10(13)11(14)18(15,16-7)17-8-5-3-2-4-6-8/h2-7,9-14H,1H3/t7-,9-,10-,11+,18+/m1/s1. The minimum absolute atomic E-state index is 0.260. The van der Waals surface area contributed by atoms with E-state index in [2.05, 4.69) is 0 Å². The molecule has 1 aliphatic rings. The average Bonchev–Trinajstić information content (AvgIpc) is 2.35. The maximum absolute atomic E-state index is 12.3. The Kier molecular flexibility index (Phi) is 3.75. The van der Waals surface area contributed by atoms with Crippen LogP contribution in [0, 0.1) is 0 Å². The molecule has 6 nitrogen and oxygen atoms in total. The normalized spacial score (nSPS) is 40.4. The van der Waals surface area contributed by atoms with E-state index in [1.165, 1.54) is 6.92 Å². The summed E-state index contributed by atoms with van der Waals surface area (Å²) in [6.07, 6.45) is -3.76. The molecular formula is C11H15O6P. The number of benzene rings is 1. The molecule has 7 heteroatoms. The third-order valence-corrected chi connectivity index (χ3v) is 4.79. The van der Waals surface area contributed by atoms with Crippen LogP contribution in [-0.4, -0.2) is 39.5 Å². The molecular weight excluding hydrogens is 259 g/mol. The quantitative estimate of drug-likeness (QED) is 0.688. The summed E-state index contributed by atoms with van der Waals surface area (Å²) in [5, 5.41) is 28.8. The Labute approximate surface area is 104 Å². The molecule has 5 atom stereocenters. The van der Waals surface area contributed by atoms with Crippen LogP contribution in [0.5, 0.6) is 5.75 Å². The Morgan fingerprint density at radius 2 is 1.78 bits per heavy atom. The van der Waals surface area contributed by atoms with Crippen LogP contribution in [0.3, 0.4) is 0 Å². The summed E-state index contributed by atoms with van der Waals surface area (Å²) >= 11 is 0. The lowest BCUT2D eigenvalue weighted by molar-refractivity contribution is -0.105. The fourth-order valence-corrected chi connectivity index (χ4v) is 3.53. The second kappa shape index (κ2) is 4.99. The van der Waals surface area contributed by atoms with E-state index < -0.39 is 31.8 Å². The van der Waals surface area contributed by atoms with Crippen LogP contribution < -0.4 is 4.52 Å². The van der Waals surface area contributed by atoms with Gasteiger partial charge in [0.25, 0.3) is 0 Å². The first-order chi connectivity index (χ1) is 8.44. The predicted octanol–water partition coefficient (Wildman–Crippen LogP) is 0.717. The highest BCUT2D eigenvalue weighted by Gasteiger charge is 2.51. The van der Waals surface area contributed by atoms with Crippen molar-refractivity contribution in [2.75, 3.05) is 0 Å². The third-order valence-electron chi connectivity index (χ3n) is 2.75. The van der Waals surface area contributed by atoms with Crippen LogP contribution in [0.1, 0.15) is 6.92 Å². The van der Waals surface area contributed by atoms with Gasteiger partial charge in [0.1, 0.15) is 18.0 Å². The van der Waals surface area contributed by atoms with Crippen LogP contribution in [-0.2, 0) is 9.09 Å². The summed E-state index contributed by atoms with van der Waals surface area (Å²) in [7, 11) is -3.93. The molecule has 18 heavy (non-hydrogen) atoms. The largest absolute Gasteiger partial charge is 0.423 e. The Morgan fingerprint density at radius 3 is 2.39 bits per heavy atom. The molecule has 1 aliphatic heterocycles. The van der Waals surface area contributed by atoms with Crippen LogP contribution >= 0.6 is 7.60 Å². The van der Waals surface area contributed by atoms with Crippen LogP contribution in [0.15, 0.2) is 30.3 Å². The van der Waals surface area contributed by atoms with Gasteiger partial charge in [0.2, 0.25) is 0 Å². The molecule has 1 heterocycles. The maximum Gasteiger partial charge on any atom is 0.410 e. The lowest BCUT2D eigenvalue weighted by atomic mass is 10.1. The van der Waals surface area contributed by atoms with Crippen LogP contribution in [0.25, 0.3) is 0 Å². The molecule has 1 saturated heterocycles. The second-order valence-corrected chi connectivity index (χ2v) is 6.15. The van der Waals surface area contributed by atoms with E-state index in [-0.39, 0.29) is 5.75 Å². The Bertz CT molecular complexity index is 450. The average molecular weight is 274 g/mol. The number of aliphatic hydroxyl groups excluding tert-OH is 3. The first-order valence-corrected chi connectivity index (χ1v) is 7.12. The first-order valence-electron chi connectivity index (χ1n) is 5.51. The van der Waals surface area contributed by atoms with Gasteiger partial charge < -0.3 is 19.8 Å². The zero-order valence-electron chi connectivity index (χ0n) is 9.71. The van der Waals surface area contributed by atoms with E-state index in [9.17, 15) is 19.9 Å². The summed E-state index contributed by atoms with van der Waals surface area (Å²) in [4.78, 5) is 0. The number of rotatable bonds is 2. The number of hydrogen-bond donors (Lipinski definition) is 3. The summed E-state index contributed by atoms with van der Waals surface area (Å²) in [6.45, 7) is 1.45. The Balaban J connectivity index is 2.22. The molecule has 0 bridgehead atoms. The third kappa shape index (κ3) is 2.43. The minimum atomic E-state index is -3.93. The molecule has 100 valence electrons. The molecule has 0 saturated carbocycles. The van der Waals surface area contributed by atoms with Crippen molar-refractivity contribution in [3.8, 4) is 5.75 Å². The van der Waals surface area contributed by atoms with E-state index in [1.807, 2.05) is 0 Å². The van der Waals surface area contributed by atoms with E-state index >= 15 is 0 Å². The lowest BCUT2D eigenvalue weighted by Gasteiger charge is -2.37. The lowest BCUT2D eigenvalue weighted by Crippen LogP contribution is -2.49. The molecule has 0 aliphatic carbocycles. The van der Waals surface area contributed by atoms with Gasteiger partial charge in [0.15, 0.2) is 5.85 Å². The van der Waals surface area contributed by atoms with Gasteiger partial charge in [-0.1, -0.05) is 18.2 Å². The molecule has 3 N–H and O–H groups in total. The van der Waals surface area contributed by atoms with E-state index in [1.54, 1.807) is 30.3 Å². The number of hydrogen-bond acceptors (Lipinski definition) is 6. The first kappa shape index (κ1) is 13.5. The van der Waals surface area contributed by atoms with Gasteiger partial charge >= 0.3 is 7.60 Å². The van der Waals surface area contributed by atoms with Gasteiger partial charge in [0, 0.05) is 0 Å². The zero-order valence-corrected chi connectivity index (χ0v) is 10.6. The Morgan fingerprint density at radius 1 is 1.17 bits per heavy atom. The summed E-state index contributed by atoms with van der Waals surface area (Å²) in [5.74, 6) is -1.51. The van der Waals surface area contributed by atoms with Crippen molar-refractivity contribution in [2.45, 2.75) is 31.1 Å². The van der Waals surface area contributed by atoms with Gasteiger partial charge in [-0.3, -0.25) is 4.52 Å². The molecule has 0 amide bonds. The fraction of sp³-hybridized carbons (Fsp3) is 0.455. The predicted molar refractivity (Wildman–Crippen MR) is 63.2 cm³/mol. The second-order valence-electron chi connectivity index (χ2n) is 4.15. The van der Waals surface area contributed by atoms with Crippen molar-refractivity contribution < 1.29 is 28.9 Å². The van der Waals surface area contributed by atoms with Crippen molar-refractivity contribution in [1.82, 2.24) is 0 Å². The highest BCUT2D eigenvalue weighted by Crippen LogP contribution is 2.57. The van der Waals surface area contributed by atoms with Gasteiger partial charge in [-0.2, -0.15) is 0 Å². The fourth-order valence-electron chi connectivity index (χ4n) is 1.70. The van der Waals surface area contributed by atoms with E-state index in [0.29, 0.717) is 0 Å². The van der Waals surface area contributed by atoms with E-state index in [0.717, 1.165) is 0 Å². The van der Waals surface area contributed by atoms with Crippen molar-refractivity contribution in [3.05, 3.63) is 30.3 Å². The topological polar surface area (TPSA) is 96.2 Å². The highest BCUT2D eigenvalue weighted by molar-refractivity contribution is 7.55.